The fourth-order valence-electron chi connectivity index (χ4n) is 3.27. The number of rotatable bonds is 2. The highest BCUT2D eigenvalue weighted by molar-refractivity contribution is 7.18. The summed E-state index contributed by atoms with van der Waals surface area (Å²) in [4.78, 5) is 19.5. The smallest absolute Gasteiger partial charge is 0.255 e. The summed E-state index contributed by atoms with van der Waals surface area (Å²) in [6.07, 6.45) is 2.01. The van der Waals surface area contributed by atoms with Crippen molar-refractivity contribution >= 4 is 50.7 Å². The third kappa shape index (κ3) is 3.26. The van der Waals surface area contributed by atoms with Crippen LogP contribution in [0.5, 0.6) is 0 Å². The van der Waals surface area contributed by atoms with Crippen molar-refractivity contribution in [2.45, 2.75) is 18.8 Å². The van der Waals surface area contributed by atoms with Gasteiger partial charge in [0, 0.05) is 19.0 Å². The number of nitrogens with zero attached hydrogens (tertiary/aromatic N) is 2. The van der Waals surface area contributed by atoms with Gasteiger partial charge in [0.25, 0.3) is 5.91 Å². The molecule has 1 aliphatic rings. The molecule has 0 radical (unpaired) electrons. The summed E-state index contributed by atoms with van der Waals surface area (Å²) in [6, 6.07) is 13.3. The fraction of sp³-hybridized carbons (Fsp3) is 0.263. The van der Waals surface area contributed by atoms with Gasteiger partial charge >= 0.3 is 0 Å². The van der Waals surface area contributed by atoms with Gasteiger partial charge in [-0.25, -0.2) is 4.98 Å². The molecule has 1 fully saturated rings. The molecule has 1 aromatic heterocycles. The summed E-state index contributed by atoms with van der Waals surface area (Å²) >= 11 is 14.0. The average Bonchev–Trinajstić information content (AvgIpc) is 3.08. The molecule has 0 saturated carbocycles. The average molecular weight is 391 g/mol. The number of benzene rings is 2. The summed E-state index contributed by atoms with van der Waals surface area (Å²) in [5.41, 5.74) is 1.50. The SMILES string of the molecule is O=C(c1cccc(Cl)c1Cl)N1CCC[C@H](c2nc3ccccc3s2)C1. The quantitative estimate of drug-likeness (QED) is 0.568. The molecule has 128 valence electrons. The Hall–Kier alpha value is -1.62. The molecule has 0 N–H and O–H groups in total. The van der Waals surface area contributed by atoms with Crippen molar-refractivity contribution in [1.29, 1.82) is 0 Å². The number of hydrogen-bond donors (Lipinski definition) is 0. The largest absolute Gasteiger partial charge is 0.338 e. The fourth-order valence-corrected chi connectivity index (χ4v) is 4.74. The zero-order valence-electron chi connectivity index (χ0n) is 13.4. The van der Waals surface area contributed by atoms with Crippen molar-refractivity contribution in [3.8, 4) is 0 Å². The zero-order valence-corrected chi connectivity index (χ0v) is 15.7. The second-order valence-electron chi connectivity index (χ2n) is 6.21. The van der Waals surface area contributed by atoms with Crippen LogP contribution in [0.3, 0.4) is 0 Å². The number of aromatic nitrogens is 1. The molecule has 2 aromatic carbocycles. The lowest BCUT2D eigenvalue weighted by Crippen LogP contribution is -2.39. The van der Waals surface area contributed by atoms with Gasteiger partial charge in [0.05, 0.1) is 30.8 Å². The van der Waals surface area contributed by atoms with Crippen LogP contribution in [0.4, 0.5) is 0 Å². The van der Waals surface area contributed by atoms with Gasteiger partial charge in [0.15, 0.2) is 0 Å². The van der Waals surface area contributed by atoms with Gasteiger partial charge in [-0.05, 0) is 37.1 Å². The molecule has 1 atom stereocenters. The van der Waals surface area contributed by atoms with E-state index in [1.165, 1.54) is 4.70 Å². The molecule has 0 spiro atoms. The summed E-state index contributed by atoms with van der Waals surface area (Å²) in [6.45, 7) is 1.41. The second kappa shape index (κ2) is 6.94. The van der Waals surface area contributed by atoms with Gasteiger partial charge in [-0.2, -0.15) is 0 Å². The molecule has 0 bridgehead atoms. The predicted octanol–water partition coefficient (Wildman–Crippen LogP) is 5.62. The summed E-state index contributed by atoms with van der Waals surface area (Å²) in [7, 11) is 0. The Morgan fingerprint density at radius 3 is 2.84 bits per heavy atom. The van der Waals surface area contributed by atoms with Crippen LogP contribution >= 0.6 is 34.5 Å². The van der Waals surface area contributed by atoms with Crippen molar-refractivity contribution in [3.63, 3.8) is 0 Å². The zero-order chi connectivity index (χ0) is 17.4. The molecule has 1 aliphatic heterocycles. The van der Waals surface area contributed by atoms with Gasteiger partial charge < -0.3 is 4.90 Å². The van der Waals surface area contributed by atoms with Crippen LogP contribution in [-0.4, -0.2) is 28.9 Å². The minimum atomic E-state index is -0.0571. The van der Waals surface area contributed by atoms with Crippen LogP contribution in [0.25, 0.3) is 10.2 Å². The van der Waals surface area contributed by atoms with E-state index < -0.39 is 0 Å². The van der Waals surface area contributed by atoms with Gasteiger partial charge in [-0.15, -0.1) is 11.3 Å². The topological polar surface area (TPSA) is 33.2 Å². The van der Waals surface area contributed by atoms with Gasteiger partial charge in [-0.1, -0.05) is 41.4 Å². The Bertz CT molecular complexity index is 907. The van der Waals surface area contributed by atoms with Crippen LogP contribution in [0, 0.1) is 0 Å². The van der Waals surface area contributed by atoms with E-state index in [1.807, 2.05) is 23.1 Å². The highest BCUT2D eigenvalue weighted by Gasteiger charge is 2.28. The minimum Gasteiger partial charge on any atom is -0.338 e. The summed E-state index contributed by atoms with van der Waals surface area (Å²) in [5.74, 6) is 0.214. The molecule has 3 nitrogen and oxygen atoms in total. The van der Waals surface area contributed by atoms with Crippen molar-refractivity contribution in [3.05, 3.63) is 63.1 Å². The van der Waals surface area contributed by atoms with Crippen LogP contribution in [0.1, 0.15) is 34.1 Å². The highest BCUT2D eigenvalue weighted by Crippen LogP contribution is 2.34. The number of para-hydroxylation sites is 1. The first kappa shape index (κ1) is 16.8. The van der Waals surface area contributed by atoms with Crippen molar-refractivity contribution in [2.24, 2.45) is 0 Å². The number of likely N-dealkylation sites (tertiary alicyclic amines) is 1. The lowest BCUT2D eigenvalue weighted by atomic mass is 9.98. The number of halogens is 2. The number of hydrogen-bond acceptors (Lipinski definition) is 3. The van der Waals surface area contributed by atoms with Crippen LogP contribution in [0.15, 0.2) is 42.5 Å². The third-order valence-electron chi connectivity index (χ3n) is 4.55. The lowest BCUT2D eigenvalue weighted by Gasteiger charge is -2.32. The maximum absolute atomic E-state index is 12.9. The standard InChI is InChI=1S/C19H16Cl2N2OS/c20-14-7-3-6-13(17(14)21)19(24)23-10-4-5-12(11-23)18-22-15-8-1-2-9-16(15)25-18/h1-3,6-9,12H,4-5,10-11H2/t12-/m0/s1. The summed E-state index contributed by atoms with van der Waals surface area (Å²) < 4.78 is 1.19. The van der Waals surface area contributed by atoms with Gasteiger partial charge in [0.1, 0.15) is 0 Å². The third-order valence-corrected chi connectivity index (χ3v) is 6.57. The first-order chi connectivity index (χ1) is 12.1. The van der Waals surface area contributed by atoms with Gasteiger partial charge in [-0.3, -0.25) is 4.79 Å². The molecule has 1 saturated heterocycles. The molecule has 0 aliphatic carbocycles. The second-order valence-corrected chi connectivity index (χ2v) is 8.06. The number of thiazole rings is 1. The van der Waals surface area contributed by atoms with Gasteiger partial charge in [0.2, 0.25) is 0 Å². The Labute approximate surface area is 160 Å². The molecular formula is C19H16Cl2N2OS. The predicted molar refractivity (Wildman–Crippen MR) is 104 cm³/mol. The maximum atomic E-state index is 12.9. The molecule has 1 amide bonds. The van der Waals surface area contributed by atoms with E-state index in [-0.39, 0.29) is 11.8 Å². The molecule has 25 heavy (non-hydrogen) atoms. The van der Waals surface area contributed by atoms with Crippen LogP contribution < -0.4 is 0 Å². The minimum absolute atomic E-state index is 0.0571. The lowest BCUT2D eigenvalue weighted by molar-refractivity contribution is 0.0707. The van der Waals surface area contributed by atoms with E-state index in [0.29, 0.717) is 22.2 Å². The van der Waals surface area contributed by atoms with E-state index in [9.17, 15) is 4.79 Å². The van der Waals surface area contributed by atoms with E-state index in [0.717, 1.165) is 29.9 Å². The number of piperidine rings is 1. The van der Waals surface area contributed by atoms with Crippen molar-refractivity contribution in [1.82, 2.24) is 9.88 Å². The Morgan fingerprint density at radius 2 is 2.00 bits per heavy atom. The van der Waals surface area contributed by atoms with Crippen LogP contribution in [0.2, 0.25) is 10.0 Å². The first-order valence-electron chi connectivity index (χ1n) is 8.22. The first-order valence-corrected chi connectivity index (χ1v) is 9.79. The normalized spacial score (nSPS) is 17.8. The molecule has 6 heteroatoms. The Morgan fingerprint density at radius 1 is 1.16 bits per heavy atom. The Balaban J connectivity index is 1.58. The number of carbonyl (C=O) groups excluding carboxylic acids is 1. The van der Waals surface area contributed by atoms with E-state index >= 15 is 0 Å². The Kier molecular flexibility index (Phi) is 4.67. The van der Waals surface area contributed by atoms with Crippen LogP contribution in [-0.2, 0) is 0 Å². The van der Waals surface area contributed by atoms with Crippen molar-refractivity contribution in [2.75, 3.05) is 13.1 Å². The monoisotopic (exact) mass is 390 g/mol. The van der Waals surface area contributed by atoms with E-state index in [2.05, 4.69) is 6.07 Å². The molecule has 3 aromatic rings. The highest BCUT2D eigenvalue weighted by atomic mass is 35.5. The van der Waals surface area contributed by atoms with E-state index in [4.69, 9.17) is 28.2 Å². The molecule has 2 heterocycles. The van der Waals surface area contributed by atoms with Crippen molar-refractivity contribution < 1.29 is 4.79 Å². The molecule has 4 rings (SSSR count). The molecular weight excluding hydrogens is 375 g/mol. The number of fused-ring (bicyclic) bond motifs is 1. The molecule has 0 unspecified atom stereocenters. The van der Waals surface area contributed by atoms with E-state index in [1.54, 1.807) is 29.5 Å². The summed E-state index contributed by atoms with van der Waals surface area (Å²) in [5, 5.41) is 1.85. The maximum Gasteiger partial charge on any atom is 0.255 e. The number of amides is 1. The number of carbonyl (C=O) groups is 1.